The second-order valence-corrected chi connectivity index (χ2v) is 5.14. The van der Waals surface area contributed by atoms with Gasteiger partial charge >= 0.3 is 0 Å². The van der Waals surface area contributed by atoms with E-state index in [1.54, 1.807) is 13.1 Å². The monoisotopic (exact) mass is 297 g/mol. The highest BCUT2D eigenvalue weighted by Crippen LogP contribution is 2.22. The molecule has 2 heterocycles. The Morgan fingerprint density at radius 3 is 2.73 bits per heavy atom. The van der Waals surface area contributed by atoms with Crippen molar-refractivity contribution in [3.63, 3.8) is 0 Å². The van der Waals surface area contributed by atoms with E-state index < -0.39 is 6.10 Å². The van der Waals surface area contributed by atoms with E-state index in [4.69, 9.17) is 4.74 Å². The van der Waals surface area contributed by atoms with Gasteiger partial charge in [0.2, 0.25) is 0 Å². The standard InChI is InChI=1S/C17H19N3O2/c1-3-22-14-9-8-13(18-10-14)11-20-16-7-5-4-6-15(16)19-17(20)12(2)21/h4-10,12,21H,3,11H2,1-2H3/t12-/m1/s1. The fraction of sp³-hybridized carbons (Fsp3) is 0.294. The lowest BCUT2D eigenvalue weighted by Crippen LogP contribution is -2.09. The number of rotatable bonds is 5. The second kappa shape index (κ2) is 6.15. The molecule has 0 aliphatic heterocycles. The van der Waals surface area contributed by atoms with Crippen molar-refractivity contribution in [3.05, 3.63) is 54.1 Å². The summed E-state index contributed by atoms with van der Waals surface area (Å²) >= 11 is 0. The normalized spacial score (nSPS) is 12.5. The van der Waals surface area contributed by atoms with Gasteiger partial charge in [0, 0.05) is 0 Å². The summed E-state index contributed by atoms with van der Waals surface area (Å²) in [6.45, 7) is 4.86. The molecule has 1 aromatic carbocycles. The van der Waals surface area contributed by atoms with Crippen molar-refractivity contribution in [3.8, 4) is 5.75 Å². The lowest BCUT2D eigenvalue weighted by atomic mass is 10.3. The summed E-state index contributed by atoms with van der Waals surface area (Å²) in [5, 5.41) is 9.97. The molecule has 1 atom stereocenters. The Bertz CT molecular complexity index is 763. The Morgan fingerprint density at radius 1 is 1.23 bits per heavy atom. The van der Waals surface area contributed by atoms with Crippen LogP contribution in [0, 0.1) is 0 Å². The van der Waals surface area contributed by atoms with E-state index in [-0.39, 0.29) is 0 Å². The van der Waals surface area contributed by atoms with Crippen molar-refractivity contribution < 1.29 is 9.84 Å². The van der Waals surface area contributed by atoms with Gasteiger partial charge in [-0.25, -0.2) is 4.98 Å². The van der Waals surface area contributed by atoms with Gasteiger partial charge in [0.1, 0.15) is 17.7 Å². The van der Waals surface area contributed by atoms with Crippen LogP contribution in [-0.2, 0) is 6.54 Å². The molecule has 0 unspecified atom stereocenters. The summed E-state index contributed by atoms with van der Waals surface area (Å²) < 4.78 is 7.41. The Balaban J connectivity index is 1.97. The molecule has 22 heavy (non-hydrogen) atoms. The van der Waals surface area contributed by atoms with E-state index in [1.807, 2.05) is 47.9 Å². The van der Waals surface area contributed by atoms with E-state index in [0.29, 0.717) is 19.0 Å². The minimum Gasteiger partial charge on any atom is -0.492 e. The predicted molar refractivity (Wildman–Crippen MR) is 84.9 cm³/mol. The van der Waals surface area contributed by atoms with Gasteiger partial charge in [0.05, 0.1) is 36.1 Å². The first-order chi connectivity index (χ1) is 10.7. The third kappa shape index (κ3) is 2.80. The molecular weight excluding hydrogens is 278 g/mol. The minimum absolute atomic E-state index is 0.563. The first kappa shape index (κ1) is 14.5. The first-order valence-electron chi connectivity index (χ1n) is 7.40. The smallest absolute Gasteiger partial charge is 0.138 e. The highest BCUT2D eigenvalue weighted by Gasteiger charge is 2.15. The van der Waals surface area contributed by atoms with E-state index in [1.165, 1.54) is 0 Å². The van der Waals surface area contributed by atoms with Gasteiger partial charge < -0.3 is 14.4 Å². The Morgan fingerprint density at radius 2 is 2.05 bits per heavy atom. The zero-order chi connectivity index (χ0) is 15.5. The van der Waals surface area contributed by atoms with Crippen LogP contribution in [0.5, 0.6) is 5.75 Å². The highest BCUT2D eigenvalue weighted by molar-refractivity contribution is 5.76. The maximum absolute atomic E-state index is 9.97. The molecule has 3 rings (SSSR count). The van der Waals surface area contributed by atoms with Crippen molar-refractivity contribution in [1.82, 2.24) is 14.5 Å². The fourth-order valence-electron chi connectivity index (χ4n) is 2.50. The topological polar surface area (TPSA) is 60.2 Å². The lowest BCUT2D eigenvalue weighted by Gasteiger charge is -2.11. The van der Waals surface area contributed by atoms with Crippen molar-refractivity contribution >= 4 is 11.0 Å². The molecular formula is C17H19N3O2. The van der Waals surface area contributed by atoms with Crippen LogP contribution in [-0.4, -0.2) is 26.2 Å². The molecule has 114 valence electrons. The van der Waals surface area contributed by atoms with Crippen molar-refractivity contribution in [1.29, 1.82) is 0 Å². The maximum Gasteiger partial charge on any atom is 0.138 e. The van der Waals surface area contributed by atoms with E-state index in [9.17, 15) is 5.11 Å². The largest absolute Gasteiger partial charge is 0.492 e. The molecule has 5 heteroatoms. The summed E-state index contributed by atoms with van der Waals surface area (Å²) in [6.07, 6.45) is 1.09. The molecule has 0 bridgehead atoms. The number of hydrogen-bond acceptors (Lipinski definition) is 4. The summed E-state index contributed by atoms with van der Waals surface area (Å²) in [5.74, 6) is 1.41. The molecule has 0 aliphatic rings. The summed E-state index contributed by atoms with van der Waals surface area (Å²) in [7, 11) is 0. The lowest BCUT2D eigenvalue weighted by molar-refractivity contribution is 0.185. The summed E-state index contributed by atoms with van der Waals surface area (Å²) in [6, 6.07) is 11.7. The van der Waals surface area contributed by atoms with Crippen LogP contribution >= 0.6 is 0 Å². The first-order valence-corrected chi connectivity index (χ1v) is 7.40. The Kier molecular flexibility index (Phi) is 4.06. The number of nitrogens with zero attached hydrogens (tertiary/aromatic N) is 3. The number of aliphatic hydroxyl groups excluding tert-OH is 1. The summed E-state index contributed by atoms with van der Waals surface area (Å²) in [4.78, 5) is 8.94. The van der Waals surface area contributed by atoms with Gasteiger partial charge in [0.15, 0.2) is 0 Å². The molecule has 0 saturated carbocycles. The Labute approximate surface area is 129 Å². The molecule has 0 aliphatic carbocycles. The fourth-order valence-corrected chi connectivity index (χ4v) is 2.50. The molecule has 0 spiro atoms. The molecule has 0 radical (unpaired) electrons. The average molecular weight is 297 g/mol. The van der Waals surface area contributed by atoms with Crippen molar-refractivity contribution in [2.45, 2.75) is 26.5 Å². The van der Waals surface area contributed by atoms with Crippen LogP contribution in [0.25, 0.3) is 11.0 Å². The molecule has 2 aromatic heterocycles. The average Bonchev–Trinajstić information content (AvgIpc) is 2.89. The number of imidazole rings is 1. The number of benzene rings is 1. The van der Waals surface area contributed by atoms with Gasteiger partial charge in [-0.1, -0.05) is 12.1 Å². The van der Waals surface area contributed by atoms with Crippen molar-refractivity contribution in [2.75, 3.05) is 6.61 Å². The molecule has 0 fully saturated rings. The number of aliphatic hydroxyl groups is 1. The second-order valence-electron chi connectivity index (χ2n) is 5.14. The third-order valence-corrected chi connectivity index (χ3v) is 3.49. The van der Waals surface area contributed by atoms with Gasteiger partial charge in [-0.2, -0.15) is 0 Å². The van der Waals surface area contributed by atoms with Gasteiger partial charge in [-0.3, -0.25) is 4.98 Å². The zero-order valence-electron chi connectivity index (χ0n) is 12.7. The zero-order valence-corrected chi connectivity index (χ0v) is 12.7. The number of hydrogen-bond donors (Lipinski definition) is 1. The quantitative estimate of drug-likeness (QED) is 0.786. The third-order valence-electron chi connectivity index (χ3n) is 3.49. The SMILES string of the molecule is CCOc1ccc(Cn2c([C@@H](C)O)nc3ccccc32)nc1. The molecule has 0 saturated heterocycles. The molecule has 5 nitrogen and oxygen atoms in total. The van der Waals surface area contributed by atoms with Gasteiger partial charge in [-0.05, 0) is 38.1 Å². The number of para-hydroxylation sites is 2. The van der Waals surface area contributed by atoms with Crippen molar-refractivity contribution in [2.24, 2.45) is 0 Å². The number of aromatic nitrogens is 3. The minimum atomic E-state index is -0.630. The van der Waals surface area contributed by atoms with Crippen LogP contribution in [0.2, 0.25) is 0 Å². The van der Waals surface area contributed by atoms with Gasteiger partial charge in [-0.15, -0.1) is 0 Å². The van der Waals surface area contributed by atoms with E-state index in [0.717, 1.165) is 22.5 Å². The molecule has 0 amide bonds. The summed E-state index contributed by atoms with van der Waals surface area (Å²) in [5.41, 5.74) is 2.77. The van der Waals surface area contributed by atoms with Crippen LogP contribution in [0.3, 0.4) is 0 Å². The van der Waals surface area contributed by atoms with Gasteiger partial charge in [0.25, 0.3) is 0 Å². The van der Waals surface area contributed by atoms with Crippen LogP contribution < -0.4 is 4.74 Å². The van der Waals surface area contributed by atoms with Crippen LogP contribution in [0.4, 0.5) is 0 Å². The number of pyridine rings is 1. The molecule has 3 aromatic rings. The predicted octanol–water partition coefficient (Wildman–Crippen LogP) is 2.93. The van der Waals surface area contributed by atoms with E-state index >= 15 is 0 Å². The number of fused-ring (bicyclic) bond motifs is 1. The van der Waals surface area contributed by atoms with Crippen LogP contribution in [0.15, 0.2) is 42.6 Å². The van der Waals surface area contributed by atoms with Crippen LogP contribution in [0.1, 0.15) is 31.5 Å². The highest BCUT2D eigenvalue weighted by atomic mass is 16.5. The van der Waals surface area contributed by atoms with E-state index in [2.05, 4.69) is 9.97 Å². The number of ether oxygens (including phenoxy) is 1. The Hall–Kier alpha value is -2.40. The maximum atomic E-state index is 9.97. The molecule has 1 N–H and O–H groups in total.